The van der Waals surface area contributed by atoms with Gasteiger partial charge in [0, 0.05) is 28.6 Å². The summed E-state index contributed by atoms with van der Waals surface area (Å²) in [5.41, 5.74) is 1.21. The van der Waals surface area contributed by atoms with Crippen LogP contribution < -0.4 is 10.1 Å². The molecule has 0 bridgehead atoms. The van der Waals surface area contributed by atoms with Crippen molar-refractivity contribution in [1.29, 1.82) is 0 Å². The van der Waals surface area contributed by atoms with Crippen LogP contribution in [0.15, 0.2) is 53.0 Å². The average molecular weight is 419 g/mol. The molecule has 0 radical (unpaired) electrons. The van der Waals surface area contributed by atoms with Gasteiger partial charge >= 0.3 is 0 Å². The summed E-state index contributed by atoms with van der Waals surface area (Å²) in [4.78, 5) is 22.3. The molecule has 0 aliphatic heterocycles. The van der Waals surface area contributed by atoms with Crippen molar-refractivity contribution in [3.63, 3.8) is 0 Å². The van der Waals surface area contributed by atoms with E-state index in [1.54, 1.807) is 0 Å². The van der Waals surface area contributed by atoms with Crippen LogP contribution in [-0.2, 0) is 10.2 Å². The van der Waals surface area contributed by atoms with E-state index in [0.29, 0.717) is 12.3 Å². The van der Waals surface area contributed by atoms with Crippen molar-refractivity contribution in [3.05, 3.63) is 68.7 Å². The summed E-state index contributed by atoms with van der Waals surface area (Å²) in [6.45, 7) is 0.457. The van der Waals surface area contributed by atoms with Gasteiger partial charge in [0.25, 0.3) is 11.6 Å². The second-order valence-corrected chi connectivity index (χ2v) is 7.38. The van der Waals surface area contributed by atoms with Crippen LogP contribution in [0.3, 0.4) is 0 Å². The lowest BCUT2D eigenvalue weighted by Gasteiger charge is -2.42. The van der Waals surface area contributed by atoms with Crippen LogP contribution in [0, 0.1) is 10.1 Å². The minimum atomic E-state index is -0.476. The number of hydrogen-bond donors (Lipinski definition) is 1. The monoisotopic (exact) mass is 418 g/mol. The summed E-state index contributed by atoms with van der Waals surface area (Å²) in [6.07, 6.45) is 3.25. The molecule has 1 aliphatic rings. The average Bonchev–Trinajstić information content (AvgIpc) is 2.59. The van der Waals surface area contributed by atoms with Gasteiger partial charge < -0.3 is 10.1 Å². The second-order valence-electron chi connectivity index (χ2n) is 6.46. The van der Waals surface area contributed by atoms with Crippen LogP contribution in [0.25, 0.3) is 0 Å². The van der Waals surface area contributed by atoms with E-state index >= 15 is 0 Å². The van der Waals surface area contributed by atoms with E-state index in [2.05, 4.69) is 33.4 Å². The Morgan fingerprint density at radius 1 is 1.23 bits per heavy atom. The standard InChI is InChI=1S/C19H19BrN2O4/c20-15-4-1-3-14(11-15)19(9-2-10-19)13-21-18(23)12-26-17-7-5-16(6-8-17)22(24)25/h1,3-8,11H,2,9-10,12-13H2,(H,21,23). The zero-order valence-corrected chi connectivity index (χ0v) is 15.7. The van der Waals surface area contributed by atoms with Gasteiger partial charge in [-0.15, -0.1) is 0 Å². The molecule has 0 heterocycles. The van der Waals surface area contributed by atoms with Gasteiger partial charge in [-0.3, -0.25) is 14.9 Å². The fourth-order valence-electron chi connectivity index (χ4n) is 3.12. The summed E-state index contributed by atoms with van der Waals surface area (Å²) < 4.78 is 6.44. The number of non-ortho nitro benzene ring substituents is 1. The second kappa shape index (κ2) is 7.86. The quantitative estimate of drug-likeness (QED) is 0.544. The summed E-state index contributed by atoms with van der Waals surface area (Å²) in [7, 11) is 0. The number of benzene rings is 2. The Morgan fingerprint density at radius 3 is 2.54 bits per heavy atom. The molecule has 26 heavy (non-hydrogen) atoms. The molecule has 0 spiro atoms. The van der Waals surface area contributed by atoms with Crippen LogP contribution >= 0.6 is 15.9 Å². The first-order valence-corrected chi connectivity index (χ1v) is 9.18. The van der Waals surface area contributed by atoms with Crippen molar-refractivity contribution in [2.45, 2.75) is 24.7 Å². The van der Waals surface area contributed by atoms with E-state index in [9.17, 15) is 14.9 Å². The van der Waals surface area contributed by atoms with Gasteiger partial charge in [-0.1, -0.05) is 34.5 Å². The van der Waals surface area contributed by atoms with Crippen molar-refractivity contribution in [1.82, 2.24) is 5.32 Å². The van der Waals surface area contributed by atoms with Crippen LogP contribution in [0.1, 0.15) is 24.8 Å². The normalized spacial score (nSPS) is 15.0. The zero-order valence-electron chi connectivity index (χ0n) is 14.1. The van der Waals surface area contributed by atoms with Gasteiger partial charge in [-0.05, 0) is 42.7 Å². The number of nitro groups is 1. The maximum atomic E-state index is 12.1. The summed E-state index contributed by atoms with van der Waals surface area (Å²) >= 11 is 3.50. The lowest BCUT2D eigenvalue weighted by molar-refractivity contribution is -0.384. The molecule has 0 saturated heterocycles. The third-order valence-electron chi connectivity index (χ3n) is 4.79. The molecule has 3 rings (SSSR count). The first-order valence-electron chi connectivity index (χ1n) is 8.39. The Morgan fingerprint density at radius 2 is 1.96 bits per heavy atom. The minimum absolute atomic E-state index is 0.00714. The number of rotatable bonds is 7. The number of amides is 1. The van der Waals surface area contributed by atoms with Gasteiger partial charge in [0.2, 0.25) is 0 Å². The lowest BCUT2D eigenvalue weighted by Crippen LogP contribution is -2.46. The molecule has 1 aliphatic carbocycles. The topological polar surface area (TPSA) is 81.5 Å². The molecular weight excluding hydrogens is 400 g/mol. The fourth-order valence-corrected chi connectivity index (χ4v) is 3.52. The van der Waals surface area contributed by atoms with E-state index in [-0.39, 0.29) is 23.6 Å². The highest BCUT2D eigenvalue weighted by atomic mass is 79.9. The number of halogens is 1. The third kappa shape index (κ3) is 4.22. The molecular formula is C19H19BrN2O4. The van der Waals surface area contributed by atoms with E-state index < -0.39 is 4.92 Å². The predicted octanol–water partition coefficient (Wildman–Crippen LogP) is 3.97. The van der Waals surface area contributed by atoms with Crippen molar-refractivity contribution in [2.75, 3.05) is 13.2 Å². The summed E-state index contributed by atoms with van der Waals surface area (Å²) in [6, 6.07) is 13.9. The van der Waals surface area contributed by atoms with Crippen LogP contribution in [-0.4, -0.2) is 24.0 Å². The number of carbonyl (C=O) groups is 1. The molecule has 1 amide bonds. The van der Waals surface area contributed by atoms with Gasteiger partial charge in [0.15, 0.2) is 6.61 Å². The van der Waals surface area contributed by atoms with E-state index in [1.165, 1.54) is 29.8 Å². The Balaban J connectivity index is 1.52. The molecule has 1 fully saturated rings. The molecule has 0 atom stereocenters. The summed E-state index contributed by atoms with van der Waals surface area (Å²) in [5, 5.41) is 13.6. The first-order chi connectivity index (χ1) is 12.5. The maximum Gasteiger partial charge on any atom is 0.269 e. The lowest BCUT2D eigenvalue weighted by atomic mass is 9.64. The molecule has 6 nitrogen and oxygen atoms in total. The van der Waals surface area contributed by atoms with Crippen molar-refractivity contribution >= 4 is 27.5 Å². The molecule has 0 aromatic heterocycles. The van der Waals surface area contributed by atoms with Crippen LogP contribution in [0.4, 0.5) is 5.69 Å². The Bertz CT molecular complexity index is 803. The fraction of sp³-hybridized carbons (Fsp3) is 0.316. The Labute approximate surface area is 159 Å². The highest BCUT2D eigenvalue weighted by Gasteiger charge is 2.38. The van der Waals surface area contributed by atoms with Crippen molar-refractivity contribution in [2.24, 2.45) is 0 Å². The third-order valence-corrected chi connectivity index (χ3v) is 5.28. The number of nitrogens with one attached hydrogen (secondary N) is 1. The van der Waals surface area contributed by atoms with Crippen LogP contribution in [0.2, 0.25) is 0 Å². The van der Waals surface area contributed by atoms with Gasteiger partial charge in [0.05, 0.1) is 4.92 Å². The number of carbonyl (C=O) groups excluding carboxylic acids is 1. The molecule has 136 valence electrons. The predicted molar refractivity (Wildman–Crippen MR) is 101 cm³/mol. The van der Waals surface area contributed by atoms with E-state index in [4.69, 9.17) is 4.74 Å². The van der Waals surface area contributed by atoms with E-state index in [1.807, 2.05) is 12.1 Å². The zero-order chi connectivity index (χ0) is 18.6. The van der Waals surface area contributed by atoms with Gasteiger partial charge in [-0.25, -0.2) is 0 Å². The molecule has 7 heteroatoms. The Hall–Kier alpha value is -2.41. The van der Waals surface area contributed by atoms with Crippen molar-refractivity contribution < 1.29 is 14.5 Å². The van der Waals surface area contributed by atoms with E-state index in [0.717, 1.165) is 23.7 Å². The molecule has 1 saturated carbocycles. The summed E-state index contributed by atoms with van der Waals surface area (Å²) in [5.74, 6) is 0.223. The van der Waals surface area contributed by atoms with Crippen molar-refractivity contribution in [3.8, 4) is 5.75 Å². The number of hydrogen-bond acceptors (Lipinski definition) is 4. The molecule has 2 aromatic rings. The molecule has 2 aromatic carbocycles. The molecule has 1 N–H and O–H groups in total. The first kappa shape index (κ1) is 18.4. The smallest absolute Gasteiger partial charge is 0.269 e. The number of nitro benzene ring substituents is 1. The molecule has 0 unspecified atom stereocenters. The maximum absolute atomic E-state index is 12.1. The Kier molecular flexibility index (Phi) is 5.56. The largest absolute Gasteiger partial charge is 0.484 e. The highest BCUT2D eigenvalue weighted by Crippen LogP contribution is 2.43. The van der Waals surface area contributed by atoms with Gasteiger partial charge in [-0.2, -0.15) is 0 Å². The van der Waals surface area contributed by atoms with Crippen LogP contribution in [0.5, 0.6) is 5.75 Å². The SMILES string of the molecule is O=C(COc1ccc([N+](=O)[O-])cc1)NCC1(c2cccc(Br)c2)CCC1. The number of nitrogens with zero attached hydrogens (tertiary/aromatic N) is 1. The number of ether oxygens (including phenoxy) is 1. The highest BCUT2D eigenvalue weighted by molar-refractivity contribution is 9.10. The van der Waals surface area contributed by atoms with Gasteiger partial charge in [0.1, 0.15) is 5.75 Å². The minimum Gasteiger partial charge on any atom is -0.484 e.